The van der Waals surface area contributed by atoms with Crippen LogP contribution >= 0.6 is 0 Å². The second kappa shape index (κ2) is 10.9. The van der Waals surface area contributed by atoms with Crippen LogP contribution in [0.4, 0.5) is 5.69 Å². The molecular formula is C20H29N5O4. The third kappa shape index (κ3) is 6.53. The minimum absolute atomic E-state index is 0.355. The van der Waals surface area contributed by atoms with Crippen LogP contribution in [0, 0.1) is 0 Å². The SMILES string of the molecule is O=C(O)c1cc2ccc(NCCN3CCNCCNCCNCC3)cc2oc1=O. The molecule has 0 amide bonds. The zero-order valence-electron chi connectivity index (χ0n) is 16.5. The van der Waals surface area contributed by atoms with Gasteiger partial charge in [0.25, 0.3) is 0 Å². The molecule has 0 saturated carbocycles. The van der Waals surface area contributed by atoms with Gasteiger partial charge in [0.1, 0.15) is 11.1 Å². The van der Waals surface area contributed by atoms with Gasteiger partial charge in [-0.15, -0.1) is 0 Å². The maximum absolute atomic E-state index is 11.8. The van der Waals surface area contributed by atoms with Crippen molar-refractivity contribution in [2.45, 2.75) is 0 Å². The van der Waals surface area contributed by atoms with Crippen LogP contribution in [0.5, 0.6) is 0 Å². The molecule has 0 radical (unpaired) electrons. The third-order valence-electron chi connectivity index (χ3n) is 4.89. The molecule has 1 aromatic carbocycles. The molecule has 0 bridgehead atoms. The van der Waals surface area contributed by atoms with Crippen molar-refractivity contribution in [1.82, 2.24) is 20.9 Å². The van der Waals surface area contributed by atoms with Crippen molar-refractivity contribution in [3.05, 3.63) is 40.2 Å². The van der Waals surface area contributed by atoms with E-state index in [0.717, 1.165) is 71.1 Å². The molecule has 2 aromatic rings. The number of hydrogen-bond donors (Lipinski definition) is 5. The summed E-state index contributed by atoms with van der Waals surface area (Å²) in [5.41, 5.74) is 0.0157. The van der Waals surface area contributed by atoms with Crippen LogP contribution < -0.4 is 26.9 Å². The quantitative estimate of drug-likeness (QED) is 0.439. The predicted molar refractivity (Wildman–Crippen MR) is 113 cm³/mol. The molecule has 0 unspecified atom stereocenters. The fourth-order valence-electron chi connectivity index (χ4n) is 3.27. The Bertz CT molecular complexity index is 858. The number of aromatic carboxylic acids is 1. The molecule has 1 saturated heterocycles. The summed E-state index contributed by atoms with van der Waals surface area (Å²) in [5, 5.41) is 23.3. The average molecular weight is 403 g/mol. The van der Waals surface area contributed by atoms with Gasteiger partial charge in [-0.05, 0) is 18.2 Å². The summed E-state index contributed by atoms with van der Waals surface area (Å²) < 4.78 is 5.16. The first-order valence-electron chi connectivity index (χ1n) is 10.0. The lowest BCUT2D eigenvalue weighted by Gasteiger charge is -2.24. The van der Waals surface area contributed by atoms with E-state index < -0.39 is 11.6 Å². The van der Waals surface area contributed by atoms with Gasteiger partial charge in [0.2, 0.25) is 0 Å². The molecule has 5 N–H and O–H groups in total. The van der Waals surface area contributed by atoms with Crippen molar-refractivity contribution in [3.8, 4) is 0 Å². The number of hydrogen-bond acceptors (Lipinski definition) is 8. The molecule has 3 rings (SSSR count). The Morgan fingerprint density at radius 3 is 2.34 bits per heavy atom. The maximum Gasteiger partial charge on any atom is 0.351 e. The largest absolute Gasteiger partial charge is 0.477 e. The van der Waals surface area contributed by atoms with Crippen molar-refractivity contribution in [3.63, 3.8) is 0 Å². The van der Waals surface area contributed by atoms with Crippen molar-refractivity contribution in [2.75, 3.05) is 70.8 Å². The molecule has 1 aliphatic heterocycles. The molecular weight excluding hydrogens is 374 g/mol. The summed E-state index contributed by atoms with van der Waals surface area (Å²) in [6.07, 6.45) is 0. The number of anilines is 1. The van der Waals surface area contributed by atoms with Crippen LogP contribution in [0.1, 0.15) is 10.4 Å². The molecule has 9 nitrogen and oxygen atoms in total. The van der Waals surface area contributed by atoms with Crippen LogP contribution in [-0.2, 0) is 0 Å². The molecule has 1 fully saturated rings. The van der Waals surface area contributed by atoms with Gasteiger partial charge in [-0.25, -0.2) is 9.59 Å². The van der Waals surface area contributed by atoms with Gasteiger partial charge in [-0.2, -0.15) is 0 Å². The summed E-state index contributed by atoms with van der Waals surface area (Å²) in [5.74, 6) is -1.28. The van der Waals surface area contributed by atoms with Crippen molar-refractivity contribution < 1.29 is 14.3 Å². The van der Waals surface area contributed by atoms with Crippen molar-refractivity contribution >= 4 is 22.6 Å². The number of rotatable bonds is 5. The molecule has 9 heteroatoms. The maximum atomic E-state index is 11.8. The van der Waals surface area contributed by atoms with Crippen LogP contribution in [0.15, 0.2) is 33.5 Å². The van der Waals surface area contributed by atoms with E-state index in [9.17, 15) is 9.59 Å². The lowest BCUT2D eigenvalue weighted by Crippen LogP contribution is -2.43. The highest BCUT2D eigenvalue weighted by Crippen LogP contribution is 2.18. The van der Waals surface area contributed by atoms with E-state index in [1.165, 1.54) is 6.07 Å². The number of nitrogens with one attached hydrogen (secondary N) is 4. The van der Waals surface area contributed by atoms with Gasteiger partial charge in [0, 0.05) is 82.6 Å². The second-order valence-electron chi connectivity index (χ2n) is 7.02. The normalized spacial score (nSPS) is 17.4. The molecule has 0 atom stereocenters. The lowest BCUT2D eigenvalue weighted by atomic mass is 10.1. The predicted octanol–water partition coefficient (Wildman–Crippen LogP) is -0.0125. The summed E-state index contributed by atoms with van der Waals surface area (Å²) >= 11 is 0. The average Bonchev–Trinajstić information content (AvgIpc) is 2.69. The molecule has 29 heavy (non-hydrogen) atoms. The number of benzene rings is 1. The van der Waals surface area contributed by atoms with Crippen LogP contribution in [0.2, 0.25) is 0 Å². The van der Waals surface area contributed by atoms with Crippen LogP contribution in [0.25, 0.3) is 11.0 Å². The topological polar surface area (TPSA) is 119 Å². The number of carbonyl (C=O) groups is 1. The van der Waals surface area contributed by atoms with Crippen molar-refractivity contribution in [2.24, 2.45) is 0 Å². The Morgan fingerprint density at radius 2 is 1.69 bits per heavy atom. The van der Waals surface area contributed by atoms with E-state index in [1.807, 2.05) is 6.07 Å². The van der Waals surface area contributed by atoms with Gasteiger partial charge in [-0.1, -0.05) is 0 Å². The fraction of sp³-hybridized carbons (Fsp3) is 0.500. The van der Waals surface area contributed by atoms with Crippen molar-refractivity contribution in [1.29, 1.82) is 0 Å². The van der Waals surface area contributed by atoms with Crippen LogP contribution in [0.3, 0.4) is 0 Å². The number of nitrogens with zero attached hydrogens (tertiary/aromatic N) is 1. The smallest absolute Gasteiger partial charge is 0.351 e. The van der Waals surface area contributed by atoms with Gasteiger partial charge in [-0.3, -0.25) is 4.90 Å². The summed E-state index contributed by atoms with van der Waals surface area (Å²) in [6.45, 7) is 9.41. The Hall–Kier alpha value is -2.46. The number of carboxylic acids is 1. The van der Waals surface area contributed by atoms with Gasteiger partial charge >= 0.3 is 11.6 Å². The molecule has 1 aliphatic rings. The summed E-state index contributed by atoms with van der Waals surface area (Å²) in [7, 11) is 0. The summed E-state index contributed by atoms with van der Waals surface area (Å²) in [4.78, 5) is 25.2. The van der Waals surface area contributed by atoms with E-state index in [1.54, 1.807) is 12.1 Å². The summed E-state index contributed by atoms with van der Waals surface area (Å²) in [6, 6.07) is 6.69. The van der Waals surface area contributed by atoms with E-state index >= 15 is 0 Å². The standard InChI is InChI=1S/C20H29N5O4/c26-19(27)17-13-15-1-2-16(14-18(15)29-20(17)28)24-9-12-25-10-7-22-5-3-21-4-6-23-8-11-25/h1-2,13-14,21-24H,3-12H2,(H,26,27). The highest BCUT2D eigenvalue weighted by molar-refractivity contribution is 5.92. The first-order chi connectivity index (χ1) is 14.1. The first-order valence-corrected chi connectivity index (χ1v) is 10.0. The zero-order valence-corrected chi connectivity index (χ0v) is 16.5. The Balaban J connectivity index is 1.55. The number of carboxylic acid groups (broad SMARTS) is 1. The van der Waals surface area contributed by atoms with E-state index in [-0.39, 0.29) is 5.56 Å². The van der Waals surface area contributed by atoms with Crippen LogP contribution in [-0.4, -0.2) is 81.4 Å². The van der Waals surface area contributed by atoms with Gasteiger partial charge in [0.15, 0.2) is 0 Å². The second-order valence-corrected chi connectivity index (χ2v) is 7.02. The Labute approximate surface area is 169 Å². The molecule has 158 valence electrons. The monoisotopic (exact) mass is 403 g/mol. The molecule has 0 spiro atoms. The Morgan fingerprint density at radius 1 is 1.03 bits per heavy atom. The molecule has 2 heterocycles. The number of fused-ring (bicyclic) bond motifs is 1. The Kier molecular flexibility index (Phi) is 8.00. The highest BCUT2D eigenvalue weighted by atomic mass is 16.4. The molecule has 1 aromatic heterocycles. The first kappa shape index (κ1) is 21.3. The fourth-order valence-corrected chi connectivity index (χ4v) is 3.27. The zero-order chi connectivity index (χ0) is 20.5. The van der Waals surface area contributed by atoms with E-state index in [4.69, 9.17) is 9.52 Å². The van der Waals surface area contributed by atoms with Gasteiger partial charge in [0.05, 0.1) is 0 Å². The van der Waals surface area contributed by atoms with E-state index in [0.29, 0.717) is 11.0 Å². The lowest BCUT2D eigenvalue weighted by molar-refractivity contribution is 0.0692. The molecule has 0 aliphatic carbocycles. The minimum Gasteiger partial charge on any atom is -0.477 e. The van der Waals surface area contributed by atoms with E-state index in [2.05, 4.69) is 26.2 Å². The highest BCUT2D eigenvalue weighted by Gasteiger charge is 2.12. The minimum atomic E-state index is -1.28. The third-order valence-corrected chi connectivity index (χ3v) is 4.89. The van der Waals surface area contributed by atoms with Gasteiger partial charge < -0.3 is 30.8 Å².